The molecule has 0 saturated carbocycles. The van der Waals surface area contributed by atoms with Crippen molar-refractivity contribution in [3.8, 4) is 0 Å². The summed E-state index contributed by atoms with van der Waals surface area (Å²) in [5.74, 6) is -0.0370. The molecule has 2 rings (SSSR count). The minimum Gasteiger partial charge on any atom is -0.326 e. The summed E-state index contributed by atoms with van der Waals surface area (Å²) in [7, 11) is 0. The summed E-state index contributed by atoms with van der Waals surface area (Å²) in [6, 6.07) is 3.14. The first-order chi connectivity index (χ1) is 8.49. The number of nitro benzene ring substituents is 1. The Kier molecular flexibility index (Phi) is 3.29. The van der Waals surface area contributed by atoms with Gasteiger partial charge in [0.1, 0.15) is 0 Å². The number of anilines is 1. The molecule has 0 aliphatic carbocycles. The Morgan fingerprint density at radius 2 is 2.06 bits per heavy atom. The maximum Gasteiger partial charge on any atom is 0.272 e. The van der Waals surface area contributed by atoms with Crippen molar-refractivity contribution < 1.29 is 9.72 Å². The fourth-order valence-corrected chi connectivity index (χ4v) is 1.84. The van der Waals surface area contributed by atoms with Crippen LogP contribution in [0.5, 0.6) is 0 Å². The van der Waals surface area contributed by atoms with Crippen LogP contribution >= 0.6 is 0 Å². The second-order valence-corrected chi connectivity index (χ2v) is 4.56. The van der Waals surface area contributed by atoms with Crippen molar-refractivity contribution in [1.82, 2.24) is 5.32 Å². The Balaban J connectivity index is 2.20. The van der Waals surface area contributed by atoms with Crippen LogP contribution in [0.1, 0.15) is 11.1 Å². The van der Waals surface area contributed by atoms with Gasteiger partial charge in [-0.25, -0.2) is 0 Å². The van der Waals surface area contributed by atoms with Gasteiger partial charge >= 0.3 is 0 Å². The van der Waals surface area contributed by atoms with E-state index in [2.05, 4.69) is 10.6 Å². The third kappa shape index (κ3) is 2.33. The zero-order valence-corrected chi connectivity index (χ0v) is 10.3. The number of carbonyl (C=O) groups is 1. The summed E-state index contributed by atoms with van der Waals surface area (Å²) in [6.45, 7) is 4.80. The van der Waals surface area contributed by atoms with Crippen LogP contribution in [0.4, 0.5) is 11.4 Å². The van der Waals surface area contributed by atoms with Crippen molar-refractivity contribution >= 4 is 17.3 Å². The average Bonchev–Trinajstić information content (AvgIpc) is 2.19. The molecule has 6 heteroatoms. The zero-order chi connectivity index (χ0) is 13.3. The Hall–Kier alpha value is -1.95. The molecule has 1 aromatic carbocycles. The molecule has 1 aliphatic heterocycles. The first-order valence-corrected chi connectivity index (χ1v) is 5.76. The molecule has 0 unspecified atom stereocenters. The highest BCUT2D eigenvalue weighted by atomic mass is 16.6. The first kappa shape index (κ1) is 12.5. The van der Waals surface area contributed by atoms with Gasteiger partial charge < -0.3 is 10.6 Å². The van der Waals surface area contributed by atoms with E-state index in [9.17, 15) is 14.9 Å². The number of rotatable bonds is 3. The van der Waals surface area contributed by atoms with E-state index in [1.54, 1.807) is 19.9 Å². The molecule has 0 aromatic heterocycles. The van der Waals surface area contributed by atoms with Crippen LogP contribution in [-0.2, 0) is 4.79 Å². The van der Waals surface area contributed by atoms with Crippen LogP contribution in [0.2, 0.25) is 0 Å². The van der Waals surface area contributed by atoms with Gasteiger partial charge in [-0.1, -0.05) is 0 Å². The van der Waals surface area contributed by atoms with Crippen LogP contribution in [0, 0.1) is 29.9 Å². The molecule has 0 spiro atoms. The van der Waals surface area contributed by atoms with Gasteiger partial charge in [-0.05, 0) is 25.5 Å². The van der Waals surface area contributed by atoms with E-state index >= 15 is 0 Å². The molecule has 1 aromatic rings. The van der Waals surface area contributed by atoms with Gasteiger partial charge in [-0.15, -0.1) is 0 Å². The number of nitrogens with one attached hydrogen (secondary N) is 2. The van der Waals surface area contributed by atoms with E-state index < -0.39 is 4.92 Å². The summed E-state index contributed by atoms with van der Waals surface area (Å²) >= 11 is 0. The summed E-state index contributed by atoms with van der Waals surface area (Å²) < 4.78 is 0. The van der Waals surface area contributed by atoms with Crippen molar-refractivity contribution in [2.75, 3.05) is 18.4 Å². The summed E-state index contributed by atoms with van der Waals surface area (Å²) in [5.41, 5.74) is 1.98. The van der Waals surface area contributed by atoms with Gasteiger partial charge in [0.2, 0.25) is 5.91 Å². The average molecular weight is 249 g/mol. The molecule has 0 bridgehead atoms. The number of benzene rings is 1. The van der Waals surface area contributed by atoms with Crippen molar-refractivity contribution in [1.29, 1.82) is 0 Å². The van der Waals surface area contributed by atoms with Crippen molar-refractivity contribution in [2.45, 2.75) is 13.8 Å². The lowest BCUT2D eigenvalue weighted by Gasteiger charge is -2.26. The monoisotopic (exact) mass is 249 g/mol. The fourth-order valence-electron chi connectivity index (χ4n) is 1.84. The predicted octanol–water partition coefficient (Wildman–Crippen LogP) is 1.37. The van der Waals surface area contributed by atoms with Crippen LogP contribution in [0.3, 0.4) is 0 Å². The minimum atomic E-state index is -0.413. The molecule has 0 radical (unpaired) electrons. The van der Waals surface area contributed by atoms with Gasteiger partial charge in [0.15, 0.2) is 0 Å². The number of hydrogen-bond acceptors (Lipinski definition) is 4. The highest BCUT2D eigenvalue weighted by Crippen LogP contribution is 2.26. The molecule has 1 fully saturated rings. The number of nitrogens with zero attached hydrogens (tertiary/aromatic N) is 1. The molecular weight excluding hydrogens is 234 g/mol. The molecule has 2 N–H and O–H groups in total. The van der Waals surface area contributed by atoms with E-state index in [1.807, 2.05) is 0 Å². The van der Waals surface area contributed by atoms with Crippen LogP contribution in [0.25, 0.3) is 0 Å². The molecular formula is C12H15N3O3. The number of aryl methyl sites for hydroxylation is 2. The number of amides is 1. The topological polar surface area (TPSA) is 84.3 Å². The van der Waals surface area contributed by atoms with Gasteiger partial charge in [-0.2, -0.15) is 0 Å². The molecule has 1 amide bonds. The first-order valence-electron chi connectivity index (χ1n) is 5.76. The SMILES string of the molecule is Cc1cc([N+](=O)[O-])c(C)cc1NC(=O)C1CNC1. The molecule has 0 atom stereocenters. The second kappa shape index (κ2) is 4.73. The number of hydrogen-bond donors (Lipinski definition) is 2. The predicted molar refractivity (Wildman–Crippen MR) is 67.6 cm³/mol. The van der Waals surface area contributed by atoms with Gasteiger partial charge in [0, 0.05) is 30.4 Å². The Morgan fingerprint density at radius 1 is 1.39 bits per heavy atom. The lowest BCUT2D eigenvalue weighted by atomic mass is 10.0. The van der Waals surface area contributed by atoms with Crippen molar-refractivity contribution in [3.63, 3.8) is 0 Å². The molecule has 96 valence electrons. The zero-order valence-electron chi connectivity index (χ0n) is 10.3. The van der Waals surface area contributed by atoms with E-state index in [0.29, 0.717) is 29.9 Å². The maximum atomic E-state index is 11.8. The molecule has 18 heavy (non-hydrogen) atoms. The van der Waals surface area contributed by atoms with E-state index in [0.717, 1.165) is 0 Å². The standard InChI is InChI=1S/C12H15N3O3/c1-7-4-11(15(17)18)8(2)3-10(7)14-12(16)9-5-13-6-9/h3-4,9,13H,5-6H2,1-2H3,(H,14,16). The quantitative estimate of drug-likeness (QED) is 0.626. The van der Waals surface area contributed by atoms with E-state index in [4.69, 9.17) is 0 Å². The van der Waals surface area contributed by atoms with E-state index in [1.165, 1.54) is 6.07 Å². The summed E-state index contributed by atoms with van der Waals surface area (Å²) in [4.78, 5) is 22.2. The number of nitro groups is 1. The minimum absolute atomic E-state index is 0.0000944. The Bertz CT molecular complexity index is 510. The third-order valence-electron chi connectivity index (χ3n) is 3.15. The van der Waals surface area contributed by atoms with E-state index in [-0.39, 0.29) is 17.5 Å². The lowest BCUT2D eigenvalue weighted by molar-refractivity contribution is -0.385. The normalized spacial score (nSPS) is 15.0. The third-order valence-corrected chi connectivity index (χ3v) is 3.15. The largest absolute Gasteiger partial charge is 0.326 e. The van der Waals surface area contributed by atoms with Crippen molar-refractivity contribution in [2.24, 2.45) is 5.92 Å². The second-order valence-electron chi connectivity index (χ2n) is 4.56. The molecule has 1 heterocycles. The maximum absolute atomic E-state index is 11.8. The fraction of sp³-hybridized carbons (Fsp3) is 0.417. The summed E-state index contributed by atoms with van der Waals surface area (Å²) in [6.07, 6.45) is 0. The highest BCUT2D eigenvalue weighted by molar-refractivity contribution is 5.94. The van der Waals surface area contributed by atoms with Gasteiger partial charge in [0.05, 0.1) is 10.8 Å². The molecule has 1 saturated heterocycles. The Morgan fingerprint density at radius 3 is 2.56 bits per heavy atom. The lowest BCUT2D eigenvalue weighted by Crippen LogP contribution is -2.48. The van der Waals surface area contributed by atoms with Crippen molar-refractivity contribution in [3.05, 3.63) is 33.4 Å². The number of carbonyl (C=O) groups excluding carboxylic acids is 1. The van der Waals surface area contributed by atoms with Crippen LogP contribution in [-0.4, -0.2) is 23.9 Å². The Labute approximate surface area is 105 Å². The van der Waals surface area contributed by atoms with Gasteiger partial charge in [0.25, 0.3) is 5.69 Å². The van der Waals surface area contributed by atoms with Crippen LogP contribution < -0.4 is 10.6 Å². The summed E-state index contributed by atoms with van der Waals surface area (Å²) in [5, 5.41) is 16.6. The smallest absolute Gasteiger partial charge is 0.272 e. The van der Waals surface area contributed by atoms with Crippen LogP contribution in [0.15, 0.2) is 12.1 Å². The molecule has 1 aliphatic rings. The molecule has 6 nitrogen and oxygen atoms in total. The highest BCUT2D eigenvalue weighted by Gasteiger charge is 2.25. The van der Waals surface area contributed by atoms with Gasteiger partial charge in [-0.3, -0.25) is 14.9 Å².